The summed E-state index contributed by atoms with van der Waals surface area (Å²) in [5.41, 5.74) is -0.290. The van der Waals surface area contributed by atoms with Crippen molar-refractivity contribution in [1.29, 1.82) is 0 Å². The van der Waals surface area contributed by atoms with Gasteiger partial charge in [-0.05, 0) is 51.7 Å². The quantitative estimate of drug-likeness (QED) is 0.673. The van der Waals surface area contributed by atoms with Crippen molar-refractivity contribution in [2.45, 2.75) is 45.3 Å². The number of halogens is 2. The molecule has 2 saturated heterocycles. The molecule has 0 N–H and O–H groups in total. The van der Waals surface area contributed by atoms with E-state index in [1.807, 2.05) is 27.7 Å². The second-order valence-electron chi connectivity index (χ2n) is 8.89. The fourth-order valence-corrected chi connectivity index (χ4v) is 3.68. The zero-order chi connectivity index (χ0) is 21.5. The standard InChI is InChI=1S/C21H26BClFN3O3/c1-20(2)21(3,4)30-22(29-20)15-5-6-18(17(24)9-15)28-13-14-7-8-27(12-14)19-25-10-16(23)11-26-19/h5-6,9-11,14H,7-8,12-13H2,1-4H3/t14-/m0/s1. The summed E-state index contributed by atoms with van der Waals surface area (Å²) in [6, 6.07) is 4.87. The van der Waals surface area contributed by atoms with E-state index in [1.165, 1.54) is 6.07 Å². The molecule has 6 nitrogen and oxygen atoms in total. The van der Waals surface area contributed by atoms with Gasteiger partial charge in [-0.3, -0.25) is 0 Å². The van der Waals surface area contributed by atoms with Crippen LogP contribution in [-0.4, -0.2) is 48.0 Å². The monoisotopic (exact) mass is 433 g/mol. The van der Waals surface area contributed by atoms with Crippen LogP contribution in [0.3, 0.4) is 0 Å². The summed E-state index contributed by atoms with van der Waals surface area (Å²) < 4.78 is 32.4. The van der Waals surface area contributed by atoms with Gasteiger partial charge >= 0.3 is 7.12 Å². The number of aromatic nitrogens is 2. The van der Waals surface area contributed by atoms with Crippen LogP contribution in [0.2, 0.25) is 5.02 Å². The first-order valence-electron chi connectivity index (χ1n) is 10.1. The Morgan fingerprint density at radius 3 is 2.50 bits per heavy atom. The van der Waals surface area contributed by atoms with Crippen molar-refractivity contribution >= 4 is 30.1 Å². The summed E-state index contributed by atoms with van der Waals surface area (Å²) in [6.45, 7) is 9.91. The lowest BCUT2D eigenvalue weighted by atomic mass is 9.79. The number of hydrogen-bond donors (Lipinski definition) is 0. The lowest BCUT2D eigenvalue weighted by molar-refractivity contribution is 0.00578. The van der Waals surface area contributed by atoms with Gasteiger partial charge in [-0.1, -0.05) is 17.7 Å². The first-order chi connectivity index (χ1) is 14.1. The molecule has 9 heteroatoms. The molecule has 30 heavy (non-hydrogen) atoms. The third kappa shape index (κ3) is 4.27. The van der Waals surface area contributed by atoms with E-state index in [2.05, 4.69) is 14.9 Å². The van der Waals surface area contributed by atoms with Crippen molar-refractivity contribution in [1.82, 2.24) is 9.97 Å². The lowest BCUT2D eigenvalue weighted by Crippen LogP contribution is -2.41. The summed E-state index contributed by atoms with van der Waals surface area (Å²) in [5, 5.41) is 0.511. The Balaban J connectivity index is 1.34. The maximum Gasteiger partial charge on any atom is 0.494 e. The molecule has 3 heterocycles. The van der Waals surface area contributed by atoms with E-state index in [0.29, 0.717) is 23.0 Å². The van der Waals surface area contributed by atoms with Crippen molar-refractivity contribution in [2.24, 2.45) is 5.92 Å². The van der Waals surface area contributed by atoms with Crippen molar-refractivity contribution in [3.8, 4) is 5.75 Å². The summed E-state index contributed by atoms with van der Waals surface area (Å²) in [6.07, 6.45) is 4.11. The molecular weight excluding hydrogens is 408 g/mol. The normalized spacial score (nSPS) is 22.5. The molecule has 0 amide bonds. The maximum absolute atomic E-state index is 14.7. The zero-order valence-electron chi connectivity index (χ0n) is 17.7. The molecule has 1 atom stereocenters. The minimum atomic E-state index is -0.596. The zero-order valence-corrected chi connectivity index (χ0v) is 18.4. The predicted octanol–water partition coefficient (Wildman–Crippen LogP) is 3.47. The average Bonchev–Trinajstić information content (AvgIpc) is 3.23. The summed E-state index contributed by atoms with van der Waals surface area (Å²) in [4.78, 5) is 10.6. The molecule has 2 aliphatic rings. The van der Waals surface area contributed by atoms with Gasteiger partial charge in [0.1, 0.15) is 0 Å². The molecule has 0 radical (unpaired) electrons. The van der Waals surface area contributed by atoms with Gasteiger partial charge in [0.15, 0.2) is 11.6 Å². The Labute approximate surface area is 181 Å². The average molecular weight is 434 g/mol. The van der Waals surface area contributed by atoms with E-state index >= 15 is 0 Å². The Bertz CT molecular complexity index is 897. The second-order valence-corrected chi connectivity index (χ2v) is 9.33. The smallest absolute Gasteiger partial charge is 0.490 e. The van der Waals surface area contributed by atoms with Crippen LogP contribution in [0.4, 0.5) is 10.3 Å². The lowest BCUT2D eigenvalue weighted by Gasteiger charge is -2.32. The maximum atomic E-state index is 14.7. The van der Waals surface area contributed by atoms with Gasteiger partial charge in [0, 0.05) is 19.0 Å². The second kappa shape index (κ2) is 7.98. The SMILES string of the molecule is CC1(C)OB(c2ccc(OC[C@H]3CCN(c4ncc(Cl)cn4)C3)c(F)c2)OC1(C)C. The van der Waals surface area contributed by atoms with Crippen molar-refractivity contribution < 1.29 is 18.4 Å². The molecular formula is C21H26BClFN3O3. The largest absolute Gasteiger partial charge is 0.494 e. The topological polar surface area (TPSA) is 56.7 Å². The van der Waals surface area contributed by atoms with Gasteiger partial charge in [0.2, 0.25) is 5.95 Å². The highest BCUT2D eigenvalue weighted by molar-refractivity contribution is 6.62. The van der Waals surface area contributed by atoms with Gasteiger partial charge in [0.05, 0.1) is 35.2 Å². The number of nitrogens with zero attached hydrogens (tertiary/aromatic N) is 3. The minimum absolute atomic E-state index is 0.233. The van der Waals surface area contributed by atoms with Crippen molar-refractivity contribution in [3.63, 3.8) is 0 Å². The predicted molar refractivity (Wildman–Crippen MR) is 115 cm³/mol. The van der Waals surface area contributed by atoms with Crippen LogP contribution >= 0.6 is 11.6 Å². The van der Waals surface area contributed by atoms with E-state index in [9.17, 15) is 4.39 Å². The molecule has 0 bridgehead atoms. The molecule has 2 aromatic rings. The highest BCUT2D eigenvalue weighted by Crippen LogP contribution is 2.36. The molecule has 0 saturated carbocycles. The molecule has 0 aliphatic carbocycles. The highest BCUT2D eigenvalue weighted by Gasteiger charge is 2.51. The highest BCUT2D eigenvalue weighted by atomic mass is 35.5. The van der Waals surface area contributed by atoms with Crippen LogP contribution in [0.5, 0.6) is 5.75 Å². The number of rotatable bonds is 5. The van der Waals surface area contributed by atoms with Gasteiger partial charge < -0.3 is 18.9 Å². The van der Waals surface area contributed by atoms with Crippen molar-refractivity contribution in [3.05, 3.63) is 41.4 Å². The third-order valence-electron chi connectivity index (χ3n) is 6.13. The van der Waals surface area contributed by atoms with E-state index in [1.54, 1.807) is 24.5 Å². The molecule has 1 aromatic carbocycles. The van der Waals surface area contributed by atoms with Crippen LogP contribution < -0.4 is 15.1 Å². The Hall–Kier alpha value is -1.90. The first kappa shape index (κ1) is 21.3. The van der Waals surface area contributed by atoms with Crippen molar-refractivity contribution in [2.75, 3.05) is 24.6 Å². The van der Waals surface area contributed by atoms with Crippen LogP contribution in [0.15, 0.2) is 30.6 Å². The van der Waals surface area contributed by atoms with Gasteiger partial charge in [-0.15, -0.1) is 0 Å². The number of hydrogen-bond acceptors (Lipinski definition) is 6. The minimum Gasteiger partial charge on any atom is -0.490 e. The van der Waals surface area contributed by atoms with E-state index in [-0.39, 0.29) is 11.7 Å². The van der Waals surface area contributed by atoms with Gasteiger partial charge in [-0.25, -0.2) is 14.4 Å². The van der Waals surface area contributed by atoms with Crippen LogP contribution in [0.1, 0.15) is 34.1 Å². The van der Waals surface area contributed by atoms with Crippen LogP contribution in [0, 0.1) is 11.7 Å². The first-order valence-corrected chi connectivity index (χ1v) is 10.5. The molecule has 2 fully saturated rings. The summed E-state index contributed by atoms with van der Waals surface area (Å²) in [7, 11) is -0.596. The number of anilines is 1. The summed E-state index contributed by atoms with van der Waals surface area (Å²) >= 11 is 5.85. The number of ether oxygens (including phenoxy) is 1. The Kier molecular flexibility index (Phi) is 5.68. The fourth-order valence-electron chi connectivity index (χ4n) is 3.59. The van der Waals surface area contributed by atoms with E-state index < -0.39 is 24.1 Å². The van der Waals surface area contributed by atoms with Gasteiger partial charge in [-0.2, -0.15) is 0 Å². The number of benzene rings is 1. The molecule has 2 aliphatic heterocycles. The van der Waals surface area contributed by atoms with E-state index in [4.69, 9.17) is 25.6 Å². The Morgan fingerprint density at radius 1 is 1.20 bits per heavy atom. The molecule has 0 unspecified atom stereocenters. The van der Waals surface area contributed by atoms with E-state index in [0.717, 1.165) is 19.5 Å². The third-order valence-corrected chi connectivity index (χ3v) is 6.33. The molecule has 160 valence electrons. The van der Waals surface area contributed by atoms with Crippen LogP contribution in [0.25, 0.3) is 0 Å². The molecule has 4 rings (SSSR count). The summed E-state index contributed by atoms with van der Waals surface area (Å²) in [5.74, 6) is 0.737. The molecule has 1 aromatic heterocycles. The molecule has 0 spiro atoms. The Morgan fingerprint density at radius 2 is 1.87 bits per heavy atom. The fraction of sp³-hybridized carbons (Fsp3) is 0.524. The van der Waals surface area contributed by atoms with Gasteiger partial charge in [0.25, 0.3) is 0 Å². The van der Waals surface area contributed by atoms with Crippen LogP contribution in [-0.2, 0) is 9.31 Å².